The van der Waals surface area contributed by atoms with Gasteiger partial charge in [0.15, 0.2) is 20.7 Å². The van der Waals surface area contributed by atoms with Crippen LogP contribution in [0, 0.1) is 5.92 Å². The van der Waals surface area contributed by atoms with Crippen LogP contribution in [0.25, 0.3) is 0 Å². The van der Waals surface area contributed by atoms with E-state index in [1.165, 1.54) is 10.9 Å². The van der Waals surface area contributed by atoms with Crippen LogP contribution in [0.1, 0.15) is 12.8 Å². The Morgan fingerprint density at radius 1 is 1.62 bits per heavy atom. The minimum Gasteiger partial charge on any atom is -0.504 e. The molecule has 1 aliphatic heterocycles. The summed E-state index contributed by atoms with van der Waals surface area (Å²) in [5, 5.41) is 13.3. The second-order valence-corrected chi connectivity index (χ2v) is 6.71. The fourth-order valence-electron chi connectivity index (χ4n) is 1.99. The molecule has 5 nitrogen and oxygen atoms in total. The predicted molar refractivity (Wildman–Crippen MR) is 60.3 cm³/mol. The Morgan fingerprint density at radius 2 is 2.38 bits per heavy atom. The summed E-state index contributed by atoms with van der Waals surface area (Å²) in [7, 11) is -2.90. The van der Waals surface area contributed by atoms with E-state index >= 15 is 0 Å². The topological polar surface area (TPSA) is 72.2 Å². The van der Waals surface area contributed by atoms with E-state index < -0.39 is 9.84 Å². The minimum absolute atomic E-state index is 0.0375. The van der Waals surface area contributed by atoms with Crippen molar-refractivity contribution in [2.75, 3.05) is 11.5 Å². The molecule has 1 saturated heterocycles. The van der Waals surface area contributed by atoms with E-state index in [0.29, 0.717) is 13.0 Å². The summed E-state index contributed by atoms with van der Waals surface area (Å²) in [6, 6.07) is 0. The Morgan fingerprint density at radius 3 is 2.94 bits per heavy atom. The van der Waals surface area contributed by atoms with E-state index in [0.717, 1.165) is 6.42 Å². The molecule has 1 unspecified atom stereocenters. The molecule has 90 valence electrons. The van der Waals surface area contributed by atoms with Crippen molar-refractivity contribution in [2.24, 2.45) is 5.92 Å². The average molecular weight is 265 g/mol. The molecule has 16 heavy (non-hydrogen) atoms. The van der Waals surface area contributed by atoms with Crippen molar-refractivity contribution in [3.8, 4) is 5.75 Å². The summed E-state index contributed by atoms with van der Waals surface area (Å²) in [5.74, 6) is 0.432. The van der Waals surface area contributed by atoms with Gasteiger partial charge in [0.05, 0.1) is 17.7 Å². The highest BCUT2D eigenvalue weighted by Gasteiger charge is 2.25. The molecule has 1 aromatic heterocycles. The number of hydrogen-bond donors (Lipinski definition) is 1. The van der Waals surface area contributed by atoms with Crippen LogP contribution in [0.2, 0.25) is 5.15 Å². The van der Waals surface area contributed by atoms with Crippen LogP contribution >= 0.6 is 11.6 Å². The molecule has 1 aromatic rings. The largest absolute Gasteiger partial charge is 0.504 e. The number of nitrogens with zero attached hydrogens (tertiary/aromatic N) is 2. The lowest BCUT2D eigenvalue weighted by molar-refractivity contribution is 0.404. The fourth-order valence-corrected chi connectivity index (χ4v) is 3.92. The molecular formula is C9H13ClN2O3S. The normalized spacial score (nSPS) is 24.4. The van der Waals surface area contributed by atoms with Crippen molar-refractivity contribution < 1.29 is 13.5 Å². The second-order valence-electron chi connectivity index (χ2n) is 4.13. The van der Waals surface area contributed by atoms with Crippen molar-refractivity contribution in [1.82, 2.24) is 9.78 Å². The quantitative estimate of drug-likeness (QED) is 0.867. The van der Waals surface area contributed by atoms with Gasteiger partial charge in [-0.15, -0.1) is 0 Å². The molecule has 7 heteroatoms. The molecule has 0 radical (unpaired) electrons. The Labute approximate surface area is 98.9 Å². The van der Waals surface area contributed by atoms with E-state index in [4.69, 9.17) is 11.6 Å². The molecule has 0 saturated carbocycles. The number of aromatic nitrogens is 2. The first-order chi connectivity index (χ1) is 7.48. The van der Waals surface area contributed by atoms with E-state index in [9.17, 15) is 13.5 Å². The van der Waals surface area contributed by atoms with Gasteiger partial charge in [-0.2, -0.15) is 5.10 Å². The summed E-state index contributed by atoms with van der Waals surface area (Å²) in [4.78, 5) is 0. The highest BCUT2D eigenvalue weighted by atomic mass is 35.5. The number of aromatic hydroxyl groups is 1. The summed E-state index contributed by atoms with van der Waals surface area (Å²) in [5.41, 5.74) is 0. The van der Waals surface area contributed by atoms with E-state index in [-0.39, 0.29) is 28.3 Å². The zero-order valence-corrected chi connectivity index (χ0v) is 10.2. The number of hydrogen-bond acceptors (Lipinski definition) is 4. The Bertz CT molecular complexity index is 483. The predicted octanol–water partition coefficient (Wildman–Crippen LogP) is 1.07. The summed E-state index contributed by atoms with van der Waals surface area (Å²) in [6.45, 7) is 0.443. The third-order valence-electron chi connectivity index (χ3n) is 2.75. The molecule has 1 atom stereocenters. The number of halogens is 1. The van der Waals surface area contributed by atoms with Crippen molar-refractivity contribution in [3.63, 3.8) is 0 Å². The molecule has 0 bridgehead atoms. The maximum Gasteiger partial charge on any atom is 0.172 e. The van der Waals surface area contributed by atoms with Gasteiger partial charge < -0.3 is 5.11 Å². The zero-order chi connectivity index (χ0) is 11.8. The van der Waals surface area contributed by atoms with Gasteiger partial charge in [0.2, 0.25) is 0 Å². The van der Waals surface area contributed by atoms with Gasteiger partial charge in [0, 0.05) is 6.54 Å². The highest BCUT2D eigenvalue weighted by molar-refractivity contribution is 7.91. The molecule has 1 aliphatic rings. The molecule has 2 heterocycles. The Kier molecular flexibility index (Phi) is 3.12. The summed E-state index contributed by atoms with van der Waals surface area (Å²) in [6.07, 6.45) is 2.81. The maximum absolute atomic E-state index is 11.4. The van der Waals surface area contributed by atoms with Gasteiger partial charge in [-0.25, -0.2) is 8.42 Å². The lowest BCUT2D eigenvalue weighted by Gasteiger charge is -2.21. The van der Waals surface area contributed by atoms with Gasteiger partial charge >= 0.3 is 0 Å². The molecule has 0 spiro atoms. The van der Waals surface area contributed by atoms with Gasteiger partial charge in [0.1, 0.15) is 0 Å². The molecule has 0 amide bonds. The van der Waals surface area contributed by atoms with Crippen LogP contribution in [0.3, 0.4) is 0 Å². The monoisotopic (exact) mass is 264 g/mol. The van der Waals surface area contributed by atoms with Crippen molar-refractivity contribution in [2.45, 2.75) is 19.4 Å². The van der Waals surface area contributed by atoms with Crippen LogP contribution in [-0.2, 0) is 16.4 Å². The van der Waals surface area contributed by atoms with Crippen LogP contribution in [-0.4, -0.2) is 34.8 Å². The SMILES string of the molecule is O=S1(=O)CCCC(Cn2ncc(O)c2Cl)C1. The van der Waals surface area contributed by atoms with Crippen LogP contribution in [0.4, 0.5) is 0 Å². The number of sulfone groups is 1. The third kappa shape index (κ3) is 2.49. The van der Waals surface area contributed by atoms with Crippen LogP contribution < -0.4 is 0 Å². The molecule has 2 rings (SSSR count). The van der Waals surface area contributed by atoms with E-state index in [1.54, 1.807) is 0 Å². The van der Waals surface area contributed by atoms with Crippen molar-refractivity contribution in [3.05, 3.63) is 11.3 Å². The van der Waals surface area contributed by atoms with E-state index in [2.05, 4.69) is 5.10 Å². The second kappa shape index (κ2) is 4.25. The van der Waals surface area contributed by atoms with Gasteiger partial charge in [0.25, 0.3) is 0 Å². The molecule has 0 aromatic carbocycles. The standard InChI is InChI=1S/C9H13ClN2O3S/c10-9-8(13)4-11-12(9)5-7-2-1-3-16(14,15)6-7/h4,7,13H,1-3,5-6H2. The van der Waals surface area contributed by atoms with Crippen molar-refractivity contribution >= 4 is 21.4 Å². The molecule has 1 fully saturated rings. The zero-order valence-electron chi connectivity index (χ0n) is 8.63. The van der Waals surface area contributed by atoms with Gasteiger partial charge in [-0.1, -0.05) is 11.6 Å². The molecule has 0 aliphatic carbocycles. The maximum atomic E-state index is 11.4. The first kappa shape index (κ1) is 11.7. The van der Waals surface area contributed by atoms with Crippen molar-refractivity contribution in [1.29, 1.82) is 0 Å². The fraction of sp³-hybridized carbons (Fsp3) is 0.667. The molecule has 1 N–H and O–H groups in total. The third-order valence-corrected chi connectivity index (χ3v) is 5.02. The Balaban J connectivity index is 2.08. The lowest BCUT2D eigenvalue weighted by Crippen LogP contribution is -2.28. The van der Waals surface area contributed by atoms with Gasteiger partial charge in [-0.05, 0) is 18.8 Å². The Hall–Kier alpha value is -0.750. The summed E-state index contributed by atoms with van der Waals surface area (Å²) >= 11 is 5.80. The smallest absolute Gasteiger partial charge is 0.172 e. The summed E-state index contributed by atoms with van der Waals surface area (Å²) < 4.78 is 24.3. The highest BCUT2D eigenvalue weighted by Crippen LogP contribution is 2.25. The lowest BCUT2D eigenvalue weighted by atomic mass is 10.1. The minimum atomic E-state index is -2.90. The number of rotatable bonds is 2. The average Bonchev–Trinajstić information content (AvgIpc) is 2.48. The molecular weight excluding hydrogens is 252 g/mol. The van der Waals surface area contributed by atoms with E-state index in [1.807, 2.05) is 0 Å². The first-order valence-corrected chi connectivity index (χ1v) is 7.28. The van der Waals surface area contributed by atoms with Crippen LogP contribution in [0.5, 0.6) is 5.75 Å². The van der Waals surface area contributed by atoms with Crippen LogP contribution in [0.15, 0.2) is 6.20 Å². The first-order valence-electron chi connectivity index (χ1n) is 5.08. The van der Waals surface area contributed by atoms with Gasteiger partial charge in [-0.3, -0.25) is 4.68 Å².